The van der Waals surface area contributed by atoms with E-state index >= 15 is 0 Å². The third-order valence-corrected chi connectivity index (χ3v) is 0. The van der Waals surface area contributed by atoms with Gasteiger partial charge in [0.1, 0.15) is 0 Å². The Kier molecular flexibility index (Phi) is 13.8. The van der Waals surface area contributed by atoms with E-state index in [1.807, 2.05) is 0 Å². The van der Waals surface area contributed by atoms with Crippen LogP contribution in [0.3, 0.4) is 0 Å². The third kappa shape index (κ3) is 8160. The van der Waals surface area contributed by atoms with E-state index in [1.54, 1.807) is 0 Å². The summed E-state index contributed by atoms with van der Waals surface area (Å²) in [6, 6.07) is 0. The highest BCUT2D eigenvalue weighted by molar-refractivity contribution is 7.79. The van der Waals surface area contributed by atoms with Gasteiger partial charge in [-0.3, -0.25) is 16.8 Å². The van der Waals surface area contributed by atoms with Crippen LogP contribution in [-0.4, -0.2) is 35.0 Å². The summed E-state index contributed by atoms with van der Waals surface area (Å²) in [5.74, 6) is 0. The van der Waals surface area contributed by atoms with E-state index in [9.17, 15) is 0 Å². The molecule has 4 N–H and O–H groups in total. The second-order valence-corrected chi connectivity index (χ2v) is 2.45. The Labute approximate surface area is 70.2 Å². The predicted octanol–water partition coefficient (Wildman–Crippen LogP) is -1.66. The Morgan fingerprint density at radius 1 is 0.667 bits per heavy atom. The van der Waals surface area contributed by atoms with Gasteiger partial charge >= 0.3 is 0 Å². The maximum absolute atomic E-state index is 8.52. The predicted molar refractivity (Wildman–Crippen MR) is 33.7 cm³/mol. The van der Waals surface area contributed by atoms with Gasteiger partial charge in [0.25, 0.3) is 0 Å². The van der Waals surface area contributed by atoms with Gasteiger partial charge in [-0.25, -0.2) is 0 Å². The fraction of sp³-hybridized carbons (Fsp3) is 1.00. The van der Waals surface area contributed by atoms with Crippen LogP contribution in [0.4, 0.5) is 0 Å². The van der Waals surface area contributed by atoms with Crippen molar-refractivity contribution < 1.29 is 35.0 Å². The summed E-state index contributed by atoms with van der Waals surface area (Å²) in [6.07, 6.45) is 0. The highest BCUT2D eigenvalue weighted by Gasteiger charge is 1.50. The molecule has 0 aromatic heterocycles. The minimum Gasteiger partial charge on any atom is -0.759 e. The normalized spacial score (nSPS) is 9.67. The zero-order valence-electron chi connectivity index (χ0n) is 5.08. The maximum atomic E-state index is 8.52. The molecule has 11 heteroatoms. The Balaban J connectivity index is -0.0000000457. The lowest BCUT2D eigenvalue weighted by molar-refractivity contribution is 0.350. The molecule has 0 radical (unpaired) electrons. The highest BCUT2D eigenvalue weighted by Crippen LogP contribution is 1.58. The van der Waals surface area contributed by atoms with Gasteiger partial charge in [-0.1, -0.05) is 7.43 Å². The maximum Gasteiger partial charge on any atom is 0.0311 e. The second kappa shape index (κ2) is 7.35. The molecular formula is CH8NO8S2-3. The van der Waals surface area contributed by atoms with Crippen LogP contribution in [0.1, 0.15) is 7.43 Å². The zero-order chi connectivity index (χ0) is 9.00. The quantitative estimate of drug-likeness (QED) is 0.373. The van der Waals surface area contributed by atoms with Crippen molar-refractivity contribution in [3.8, 4) is 0 Å². The molecule has 80 valence electrons. The van der Waals surface area contributed by atoms with Gasteiger partial charge in [-0.2, -0.15) is 0 Å². The number of hydrogen-bond donors (Lipinski definition) is 1. The summed E-state index contributed by atoms with van der Waals surface area (Å²) >= 11 is 0. The molecule has 0 unspecified atom stereocenters. The first-order valence-corrected chi connectivity index (χ1v) is 4.00. The molecule has 0 aliphatic heterocycles. The largest absolute Gasteiger partial charge is 0.759 e. The Morgan fingerprint density at radius 3 is 0.667 bits per heavy atom. The summed E-state index contributed by atoms with van der Waals surface area (Å²) in [5, 5.41) is 0. The molecule has 0 amide bonds. The molecular weight excluding hydrogens is 218 g/mol. The van der Waals surface area contributed by atoms with E-state index in [-0.39, 0.29) is 13.6 Å². The molecule has 9 nitrogen and oxygen atoms in total. The van der Waals surface area contributed by atoms with Gasteiger partial charge in [0.05, 0.1) is 0 Å². The molecule has 0 saturated heterocycles. The molecule has 0 aliphatic rings. The van der Waals surface area contributed by atoms with Crippen LogP contribution in [0.15, 0.2) is 0 Å². The van der Waals surface area contributed by atoms with Crippen molar-refractivity contribution in [3.63, 3.8) is 0 Å². The summed E-state index contributed by atoms with van der Waals surface area (Å²) in [7, 11) is -10.3. The molecule has 0 atom stereocenters. The van der Waals surface area contributed by atoms with E-state index in [1.165, 1.54) is 0 Å². The van der Waals surface area contributed by atoms with Gasteiger partial charge in [0, 0.05) is 20.8 Å². The molecule has 0 saturated carbocycles. The molecule has 0 rings (SSSR count). The van der Waals surface area contributed by atoms with Crippen molar-refractivity contribution in [3.05, 3.63) is 0 Å². The minimum atomic E-state index is -5.17. The fourth-order valence-electron chi connectivity index (χ4n) is 0. The van der Waals surface area contributed by atoms with E-state index in [4.69, 9.17) is 35.0 Å². The van der Waals surface area contributed by atoms with Crippen LogP contribution in [0.5, 0.6) is 0 Å². The van der Waals surface area contributed by atoms with E-state index in [0.717, 1.165) is 0 Å². The van der Waals surface area contributed by atoms with Crippen molar-refractivity contribution in [2.45, 2.75) is 7.43 Å². The lowest BCUT2D eigenvalue weighted by Crippen LogP contribution is -1.91. The van der Waals surface area contributed by atoms with Crippen LogP contribution < -0.4 is 6.15 Å². The topological polar surface area (TPSA) is 197 Å². The van der Waals surface area contributed by atoms with Crippen molar-refractivity contribution in [2.75, 3.05) is 0 Å². The van der Waals surface area contributed by atoms with Gasteiger partial charge in [0.15, 0.2) is 0 Å². The molecule has 12 heavy (non-hydrogen) atoms. The van der Waals surface area contributed by atoms with Crippen LogP contribution >= 0.6 is 0 Å². The van der Waals surface area contributed by atoms with Crippen LogP contribution in [0.25, 0.3) is 0 Å². The van der Waals surface area contributed by atoms with E-state index in [0.29, 0.717) is 0 Å². The van der Waals surface area contributed by atoms with Gasteiger partial charge in [-0.05, 0) is 0 Å². The summed E-state index contributed by atoms with van der Waals surface area (Å²) in [6.45, 7) is 0. The molecule has 0 fully saturated rings. The van der Waals surface area contributed by atoms with Gasteiger partial charge < -0.3 is 24.4 Å². The SMILES string of the molecule is C.O=S(=O)([O-])[O-].O=S(=O)([O-])[O-].[NH4+]. The lowest BCUT2D eigenvalue weighted by atomic mass is 12.0. The zero-order valence-corrected chi connectivity index (χ0v) is 6.72. The third-order valence-electron chi connectivity index (χ3n) is 0. The summed E-state index contributed by atoms with van der Waals surface area (Å²) in [5.41, 5.74) is 0. The average Bonchev–Trinajstić information content (AvgIpc) is 1.12. The van der Waals surface area contributed by atoms with Crippen molar-refractivity contribution in [2.24, 2.45) is 0 Å². The first kappa shape index (κ1) is 22.6. The number of rotatable bonds is 0. The fourth-order valence-corrected chi connectivity index (χ4v) is 0. The summed E-state index contributed by atoms with van der Waals surface area (Å²) in [4.78, 5) is 0. The monoisotopic (exact) mass is 226 g/mol. The smallest absolute Gasteiger partial charge is 0.0311 e. The van der Waals surface area contributed by atoms with Crippen LogP contribution in [0, 0.1) is 0 Å². The molecule has 0 spiro atoms. The Bertz CT molecular complexity index is 213. The minimum absolute atomic E-state index is 0. The van der Waals surface area contributed by atoms with Gasteiger partial charge in [0.2, 0.25) is 0 Å². The van der Waals surface area contributed by atoms with Crippen LogP contribution in [-0.2, 0) is 20.8 Å². The van der Waals surface area contributed by atoms with Gasteiger partial charge in [-0.15, -0.1) is 0 Å². The summed E-state index contributed by atoms with van der Waals surface area (Å²) < 4.78 is 68.2. The first-order valence-electron chi connectivity index (χ1n) is 1.33. The molecule has 0 aliphatic carbocycles. The highest BCUT2D eigenvalue weighted by atomic mass is 32.3. The molecule has 0 aromatic carbocycles. The standard InChI is InChI=1S/CH4.H3N.2H2O4S/c;;2*1-5(2,3)4/h1H4;1H3;2*(H2,1,2,3,4)/p-3. The molecule has 0 bridgehead atoms. The molecule has 0 heterocycles. The Hall–Kier alpha value is -0.300. The van der Waals surface area contributed by atoms with Crippen molar-refractivity contribution >= 4 is 20.8 Å². The van der Waals surface area contributed by atoms with E-state index in [2.05, 4.69) is 0 Å². The Morgan fingerprint density at radius 2 is 0.667 bits per heavy atom. The first-order chi connectivity index (χ1) is 4.00. The van der Waals surface area contributed by atoms with Crippen LogP contribution in [0.2, 0.25) is 0 Å². The molecule has 0 aromatic rings. The number of quaternary nitrogens is 1. The van der Waals surface area contributed by atoms with Crippen molar-refractivity contribution in [1.29, 1.82) is 0 Å². The van der Waals surface area contributed by atoms with Crippen molar-refractivity contribution in [1.82, 2.24) is 6.15 Å². The lowest BCUT2D eigenvalue weighted by Gasteiger charge is -2.06. The second-order valence-electron chi connectivity index (χ2n) is 0.816. The van der Waals surface area contributed by atoms with E-state index < -0.39 is 20.8 Å². The average molecular weight is 226 g/mol. The number of hydrogen-bond acceptors (Lipinski definition) is 8.